The molecular formula is C16H26N2O2S. The molecule has 0 aliphatic heterocycles. The third-order valence-electron chi connectivity index (χ3n) is 3.80. The van der Waals surface area contributed by atoms with Crippen molar-refractivity contribution >= 4 is 10.0 Å². The summed E-state index contributed by atoms with van der Waals surface area (Å²) in [5, 5.41) is 3.31. The molecule has 1 aromatic carbocycles. The van der Waals surface area contributed by atoms with Crippen LogP contribution in [0.5, 0.6) is 0 Å². The fourth-order valence-corrected chi connectivity index (χ4v) is 3.59. The highest BCUT2D eigenvalue weighted by atomic mass is 32.2. The van der Waals surface area contributed by atoms with E-state index in [1.54, 1.807) is 6.07 Å². The van der Waals surface area contributed by atoms with Crippen molar-refractivity contribution in [2.45, 2.75) is 57.5 Å². The number of hydrogen-bond acceptors (Lipinski definition) is 3. The summed E-state index contributed by atoms with van der Waals surface area (Å²) >= 11 is 0. The Labute approximate surface area is 128 Å². The molecule has 2 N–H and O–H groups in total. The molecule has 0 bridgehead atoms. The minimum Gasteiger partial charge on any atom is -0.310 e. The van der Waals surface area contributed by atoms with Crippen LogP contribution >= 0.6 is 0 Å². The number of benzene rings is 1. The topological polar surface area (TPSA) is 58.2 Å². The second-order valence-corrected chi connectivity index (χ2v) is 8.00. The van der Waals surface area contributed by atoms with Gasteiger partial charge in [-0.1, -0.05) is 38.8 Å². The van der Waals surface area contributed by atoms with Gasteiger partial charge < -0.3 is 5.32 Å². The van der Waals surface area contributed by atoms with Crippen LogP contribution in [0.25, 0.3) is 0 Å². The zero-order chi connectivity index (χ0) is 15.5. The quantitative estimate of drug-likeness (QED) is 0.776. The van der Waals surface area contributed by atoms with E-state index in [1.807, 2.05) is 19.1 Å². The lowest BCUT2D eigenvalue weighted by atomic mass is 10.1. The highest BCUT2D eigenvalue weighted by molar-refractivity contribution is 7.89. The lowest BCUT2D eigenvalue weighted by molar-refractivity contribution is 0.573. The molecule has 0 atom stereocenters. The molecular weight excluding hydrogens is 284 g/mol. The van der Waals surface area contributed by atoms with Crippen LogP contribution in [-0.4, -0.2) is 21.0 Å². The van der Waals surface area contributed by atoms with Gasteiger partial charge >= 0.3 is 0 Å². The minimum atomic E-state index is -3.40. The summed E-state index contributed by atoms with van der Waals surface area (Å²) in [5.41, 5.74) is 1.79. The highest BCUT2D eigenvalue weighted by Crippen LogP contribution is 2.31. The molecule has 0 spiro atoms. The predicted octanol–water partition coefficient (Wildman–Crippen LogP) is 2.57. The monoisotopic (exact) mass is 310 g/mol. The van der Waals surface area contributed by atoms with Crippen molar-refractivity contribution in [1.82, 2.24) is 10.0 Å². The molecule has 4 nitrogen and oxygen atoms in total. The first kappa shape index (κ1) is 16.5. The van der Waals surface area contributed by atoms with E-state index in [4.69, 9.17) is 0 Å². The van der Waals surface area contributed by atoms with E-state index in [1.165, 1.54) is 12.8 Å². The summed E-state index contributed by atoms with van der Waals surface area (Å²) in [6.45, 7) is 7.22. The minimum absolute atomic E-state index is 0.378. The second-order valence-electron chi connectivity index (χ2n) is 6.27. The molecule has 5 heteroatoms. The summed E-state index contributed by atoms with van der Waals surface area (Å²) in [5.74, 6) is 0.732. The van der Waals surface area contributed by atoms with Gasteiger partial charge in [0, 0.05) is 19.1 Å². The third kappa shape index (κ3) is 5.09. The van der Waals surface area contributed by atoms with Crippen molar-refractivity contribution in [2.24, 2.45) is 5.92 Å². The molecule has 0 unspecified atom stereocenters. The smallest absolute Gasteiger partial charge is 0.240 e. The van der Waals surface area contributed by atoms with Gasteiger partial charge in [-0.05, 0) is 36.5 Å². The van der Waals surface area contributed by atoms with Crippen LogP contribution in [0.4, 0.5) is 0 Å². The first-order valence-electron chi connectivity index (χ1n) is 7.71. The van der Waals surface area contributed by atoms with Crippen LogP contribution in [0.15, 0.2) is 23.1 Å². The Morgan fingerprint density at radius 1 is 1.29 bits per heavy atom. The average Bonchev–Trinajstić information content (AvgIpc) is 3.21. The summed E-state index contributed by atoms with van der Waals surface area (Å²) in [6.07, 6.45) is 3.45. The normalized spacial score (nSPS) is 15.6. The van der Waals surface area contributed by atoms with E-state index in [0.29, 0.717) is 24.0 Å². The molecule has 1 aliphatic rings. The van der Waals surface area contributed by atoms with Crippen molar-refractivity contribution in [1.29, 1.82) is 0 Å². The van der Waals surface area contributed by atoms with Crippen LogP contribution in [-0.2, 0) is 16.6 Å². The van der Waals surface area contributed by atoms with E-state index in [9.17, 15) is 8.42 Å². The second kappa shape index (κ2) is 6.90. The van der Waals surface area contributed by atoms with Gasteiger partial charge in [0.15, 0.2) is 0 Å². The molecule has 0 saturated heterocycles. The first-order chi connectivity index (χ1) is 9.88. The summed E-state index contributed by atoms with van der Waals surface area (Å²) in [7, 11) is -3.40. The lowest BCUT2D eigenvalue weighted by Crippen LogP contribution is -2.26. The Kier molecular flexibility index (Phi) is 5.41. The van der Waals surface area contributed by atoms with Crippen molar-refractivity contribution in [3.8, 4) is 0 Å². The summed E-state index contributed by atoms with van der Waals surface area (Å²) in [6, 6.07) is 6.02. The molecule has 0 heterocycles. The fourth-order valence-electron chi connectivity index (χ4n) is 2.25. The molecule has 118 valence electrons. The van der Waals surface area contributed by atoms with Crippen molar-refractivity contribution < 1.29 is 8.42 Å². The molecule has 0 amide bonds. The molecule has 0 radical (unpaired) electrons. The Morgan fingerprint density at radius 3 is 2.62 bits per heavy atom. The largest absolute Gasteiger partial charge is 0.310 e. The molecule has 1 aliphatic carbocycles. The maximum atomic E-state index is 12.4. The van der Waals surface area contributed by atoms with Crippen LogP contribution in [0.1, 0.15) is 44.2 Å². The molecule has 1 fully saturated rings. The Balaban J connectivity index is 2.06. The lowest BCUT2D eigenvalue weighted by Gasteiger charge is -2.13. The Morgan fingerprint density at radius 2 is 2.00 bits per heavy atom. The SMILES string of the molecule is Cc1ccc(CNC(C)C)cc1S(=O)(=O)NCCC1CC1. The summed E-state index contributed by atoms with van der Waals surface area (Å²) in [4.78, 5) is 0.404. The van der Waals surface area contributed by atoms with Gasteiger partial charge in [-0.25, -0.2) is 13.1 Å². The number of sulfonamides is 1. The number of aryl methyl sites for hydroxylation is 1. The van der Waals surface area contributed by atoms with Gasteiger partial charge in [-0.15, -0.1) is 0 Å². The van der Waals surface area contributed by atoms with Gasteiger partial charge in [0.05, 0.1) is 4.90 Å². The van der Waals surface area contributed by atoms with E-state index >= 15 is 0 Å². The van der Waals surface area contributed by atoms with Crippen molar-refractivity contribution in [3.05, 3.63) is 29.3 Å². The fraction of sp³-hybridized carbons (Fsp3) is 0.625. The summed E-state index contributed by atoms with van der Waals surface area (Å²) < 4.78 is 27.6. The van der Waals surface area contributed by atoms with Gasteiger partial charge in [0.25, 0.3) is 0 Å². The molecule has 21 heavy (non-hydrogen) atoms. The van der Waals surface area contributed by atoms with Gasteiger partial charge in [-0.2, -0.15) is 0 Å². The van der Waals surface area contributed by atoms with Crippen LogP contribution < -0.4 is 10.0 Å². The molecule has 2 rings (SSSR count). The van der Waals surface area contributed by atoms with Gasteiger partial charge in [0.1, 0.15) is 0 Å². The average molecular weight is 310 g/mol. The predicted molar refractivity (Wildman–Crippen MR) is 85.7 cm³/mol. The van der Waals surface area contributed by atoms with Crippen LogP contribution in [0.3, 0.4) is 0 Å². The Hall–Kier alpha value is -0.910. The van der Waals surface area contributed by atoms with E-state index in [2.05, 4.69) is 23.9 Å². The zero-order valence-electron chi connectivity index (χ0n) is 13.1. The van der Waals surface area contributed by atoms with Crippen molar-refractivity contribution in [3.63, 3.8) is 0 Å². The molecule has 0 aromatic heterocycles. The van der Waals surface area contributed by atoms with E-state index in [-0.39, 0.29) is 0 Å². The van der Waals surface area contributed by atoms with Crippen LogP contribution in [0.2, 0.25) is 0 Å². The van der Waals surface area contributed by atoms with E-state index < -0.39 is 10.0 Å². The number of rotatable bonds is 8. The standard InChI is InChI=1S/C16H26N2O2S/c1-12(2)17-11-15-5-4-13(3)16(10-15)21(19,20)18-9-8-14-6-7-14/h4-5,10,12,14,17-18H,6-9,11H2,1-3H3. The maximum absolute atomic E-state index is 12.4. The molecule has 1 aromatic rings. The zero-order valence-corrected chi connectivity index (χ0v) is 14.0. The first-order valence-corrected chi connectivity index (χ1v) is 9.19. The number of hydrogen-bond donors (Lipinski definition) is 2. The Bertz CT molecular complexity index is 578. The maximum Gasteiger partial charge on any atom is 0.240 e. The van der Waals surface area contributed by atoms with Crippen molar-refractivity contribution in [2.75, 3.05) is 6.54 Å². The van der Waals surface area contributed by atoms with Gasteiger partial charge in [-0.3, -0.25) is 0 Å². The van der Waals surface area contributed by atoms with Crippen LogP contribution in [0, 0.1) is 12.8 Å². The number of nitrogens with one attached hydrogen (secondary N) is 2. The third-order valence-corrected chi connectivity index (χ3v) is 5.40. The van der Waals surface area contributed by atoms with E-state index in [0.717, 1.165) is 23.5 Å². The molecule has 1 saturated carbocycles. The van der Waals surface area contributed by atoms with Gasteiger partial charge in [0.2, 0.25) is 10.0 Å². The highest BCUT2D eigenvalue weighted by Gasteiger charge is 2.22.